The summed E-state index contributed by atoms with van der Waals surface area (Å²) in [5.41, 5.74) is 25.6. The van der Waals surface area contributed by atoms with Gasteiger partial charge in [-0.05, 0) is 205 Å². The predicted octanol–water partition coefficient (Wildman–Crippen LogP) is 17.0. The lowest BCUT2D eigenvalue weighted by molar-refractivity contribution is 0.332. The van der Waals surface area contributed by atoms with E-state index in [0.717, 1.165) is 0 Å². The summed E-state index contributed by atoms with van der Waals surface area (Å²) in [7, 11) is 0. The van der Waals surface area contributed by atoms with Gasteiger partial charge in [0.05, 0.1) is 10.7 Å². The van der Waals surface area contributed by atoms with E-state index in [2.05, 4.69) is 221 Å². The van der Waals surface area contributed by atoms with E-state index >= 15 is 0 Å². The Morgan fingerprint density at radius 3 is 1.77 bits per heavy atom. The van der Waals surface area contributed by atoms with Crippen molar-refractivity contribution in [1.29, 1.82) is 0 Å². The first-order chi connectivity index (χ1) is 32.5. The first-order valence-electron chi connectivity index (χ1n) is 26.4. The van der Waals surface area contributed by atoms with Crippen LogP contribution in [0.1, 0.15) is 185 Å². The quantitative estimate of drug-likeness (QED) is 0.163. The van der Waals surface area contributed by atoms with Crippen LogP contribution in [0.25, 0.3) is 21.2 Å². The standard InChI is InChI=1S/C65H73BN2S/c1-38-30-55-59-56(31-38)68(53-25-22-42(61(4,5)6)32-46(53)41-18-16-15-17-19-41)54-37-51-50(64(11,12)28-29-65(51,13)14)36-52(54)66(59)58-47-34-44-39(2)20-21-40(3)45(44)35-57(47)69-60(58)67(55)43-23-24-48-49(33-43)63(9,10)27-26-62(48,7)8/h15-19,22-25,30-37,39-40H,20-21,26-29H2,1-14H3. The molecule has 3 aliphatic carbocycles. The largest absolute Gasteiger partial charge is 0.311 e. The lowest BCUT2D eigenvalue weighted by Crippen LogP contribution is -2.61. The van der Waals surface area contributed by atoms with Gasteiger partial charge in [0.25, 0.3) is 6.71 Å². The van der Waals surface area contributed by atoms with Crippen LogP contribution in [0.3, 0.4) is 0 Å². The van der Waals surface area contributed by atoms with Crippen LogP contribution in [-0.2, 0) is 27.1 Å². The number of rotatable bonds is 3. The summed E-state index contributed by atoms with van der Waals surface area (Å²) in [6.45, 7) is 34.3. The minimum absolute atomic E-state index is 0.00577. The number of thiophene rings is 1. The Morgan fingerprint density at radius 2 is 1.13 bits per heavy atom. The van der Waals surface area contributed by atoms with Crippen molar-refractivity contribution in [2.24, 2.45) is 0 Å². The smallest absolute Gasteiger partial charge is 0.254 e. The van der Waals surface area contributed by atoms with Crippen molar-refractivity contribution < 1.29 is 0 Å². The molecule has 12 rings (SSSR count). The summed E-state index contributed by atoms with van der Waals surface area (Å²) in [6.07, 6.45) is 7.27. The van der Waals surface area contributed by atoms with Crippen LogP contribution in [0.15, 0.2) is 103 Å². The van der Waals surface area contributed by atoms with Gasteiger partial charge in [-0.3, -0.25) is 0 Å². The molecule has 4 heteroatoms. The van der Waals surface area contributed by atoms with Crippen LogP contribution in [0.5, 0.6) is 0 Å². The molecule has 0 saturated heterocycles. The van der Waals surface area contributed by atoms with Gasteiger partial charge in [0.15, 0.2) is 0 Å². The Morgan fingerprint density at radius 1 is 0.551 bits per heavy atom. The van der Waals surface area contributed by atoms with Crippen molar-refractivity contribution in [3.63, 3.8) is 0 Å². The van der Waals surface area contributed by atoms with Crippen molar-refractivity contribution in [3.8, 4) is 11.1 Å². The molecule has 352 valence electrons. The van der Waals surface area contributed by atoms with Gasteiger partial charge >= 0.3 is 0 Å². The molecule has 2 aliphatic heterocycles. The Hall–Kier alpha value is -5.06. The van der Waals surface area contributed by atoms with Gasteiger partial charge in [0.2, 0.25) is 0 Å². The molecule has 2 atom stereocenters. The summed E-state index contributed by atoms with van der Waals surface area (Å²) >= 11 is 2.05. The van der Waals surface area contributed by atoms with Crippen molar-refractivity contribution in [2.75, 3.05) is 9.80 Å². The fourth-order valence-corrected chi connectivity index (χ4v) is 15.0. The summed E-state index contributed by atoms with van der Waals surface area (Å²) in [5, 5.41) is 2.85. The van der Waals surface area contributed by atoms with Crippen LogP contribution >= 0.6 is 11.3 Å². The molecule has 0 bridgehead atoms. The zero-order valence-corrected chi connectivity index (χ0v) is 44.9. The molecule has 0 saturated carbocycles. The van der Waals surface area contributed by atoms with Gasteiger partial charge in [-0.15, -0.1) is 11.3 Å². The highest BCUT2D eigenvalue weighted by atomic mass is 32.1. The molecule has 1 aromatic heterocycles. The van der Waals surface area contributed by atoms with Crippen LogP contribution in [0.4, 0.5) is 33.4 Å². The Bertz CT molecular complexity index is 3280. The van der Waals surface area contributed by atoms with Crippen LogP contribution < -0.4 is 26.2 Å². The minimum atomic E-state index is -0.00577. The molecule has 2 unspecified atom stereocenters. The number of anilines is 6. The highest BCUT2D eigenvalue weighted by molar-refractivity contribution is 7.26. The highest BCUT2D eigenvalue weighted by Crippen LogP contribution is 2.55. The first-order valence-corrected chi connectivity index (χ1v) is 27.2. The zero-order valence-electron chi connectivity index (χ0n) is 44.1. The molecule has 7 aromatic rings. The van der Waals surface area contributed by atoms with Gasteiger partial charge in [0.1, 0.15) is 0 Å². The van der Waals surface area contributed by atoms with E-state index in [1.54, 1.807) is 11.1 Å². The number of benzene rings is 6. The third-order valence-electron chi connectivity index (χ3n) is 18.4. The van der Waals surface area contributed by atoms with E-state index in [4.69, 9.17) is 0 Å². The topological polar surface area (TPSA) is 6.48 Å². The summed E-state index contributed by atoms with van der Waals surface area (Å²) in [4.78, 5) is 5.47. The van der Waals surface area contributed by atoms with E-state index in [-0.39, 0.29) is 33.8 Å². The Labute approximate surface area is 418 Å². The zero-order chi connectivity index (χ0) is 48.5. The van der Waals surface area contributed by atoms with Gasteiger partial charge < -0.3 is 9.80 Å². The molecule has 69 heavy (non-hydrogen) atoms. The van der Waals surface area contributed by atoms with Crippen LogP contribution in [0.2, 0.25) is 0 Å². The van der Waals surface area contributed by atoms with E-state index in [1.165, 1.54) is 143 Å². The molecule has 5 aliphatic rings. The molecule has 2 nitrogen and oxygen atoms in total. The second kappa shape index (κ2) is 15.0. The maximum Gasteiger partial charge on any atom is 0.254 e. The van der Waals surface area contributed by atoms with Crippen LogP contribution in [0, 0.1) is 6.92 Å². The normalized spacial score (nSPS) is 21.2. The van der Waals surface area contributed by atoms with Gasteiger partial charge in [-0.1, -0.05) is 145 Å². The second-order valence-electron chi connectivity index (χ2n) is 26.1. The molecule has 0 amide bonds. The maximum atomic E-state index is 2.74. The maximum absolute atomic E-state index is 2.74. The van der Waals surface area contributed by atoms with Crippen molar-refractivity contribution in [1.82, 2.24) is 0 Å². The summed E-state index contributed by atoms with van der Waals surface area (Å²) in [6, 6.07) is 42.0. The monoisotopic (exact) mass is 925 g/mol. The van der Waals surface area contributed by atoms with Crippen molar-refractivity contribution >= 4 is 78.0 Å². The molecule has 0 fully saturated rings. The minimum Gasteiger partial charge on any atom is -0.311 e. The number of hydrogen-bond donors (Lipinski definition) is 0. The Balaban J connectivity index is 1.23. The SMILES string of the molecule is Cc1cc2c3c(c1)N(c1ccc4c(c1)C(C)(C)CCC4(C)C)c1sc4cc5c(cc4c1B3c1cc3c(cc1N2c1ccc(C(C)(C)C)cc1-c1ccccc1)C(C)(C)CCC3(C)C)C(C)CCC5C. The van der Waals surface area contributed by atoms with Gasteiger partial charge in [0, 0.05) is 33.0 Å². The molecular weight excluding hydrogens is 852 g/mol. The molecule has 3 heterocycles. The summed E-state index contributed by atoms with van der Waals surface area (Å²) in [5.74, 6) is 1.11. The highest BCUT2D eigenvalue weighted by Gasteiger charge is 2.49. The van der Waals surface area contributed by atoms with E-state index < -0.39 is 0 Å². The second-order valence-corrected chi connectivity index (χ2v) is 27.1. The van der Waals surface area contributed by atoms with Crippen LogP contribution in [-0.4, -0.2) is 6.71 Å². The fourth-order valence-electron chi connectivity index (χ4n) is 13.7. The fraction of sp³-hybridized carbons (Fsp3) is 0.415. The number of fused-ring (bicyclic) bond motifs is 9. The average Bonchev–Trinajstić information content (AvgIpc) is 3.67. The van der Waals surface area contributed by atoms with E-state index in [0.29, 0.717) is 11.8 Å². The number of aryl methyl sites for hydroxylation is 1. The third kappa shape index (κ3) is 6.76. The molecule has 0 radical (unpaired) electrons. The molecule has 0 spiro atoms. The van der Waals surface area contributed by atoms with Gasteiger partial charge in [-0.2, -0.15) is 0 Å². The number of nitrogens with zero attached hydrogens (tertiary/aromatic N) is 2. The lowest BCUT2D eigenvalue weighted by atomic mass is 9.33. The lowest BCUT2D eigenvalue weighted by Gasteiger charge is -2.47. The molecule has 0 N–H and O–H groups in total. The molecular formula is C65H73BN2S. The van der Waals surface area contributed by atoms with Crippen molar-refractivity contribution in [2.45, 2.75) is 174 Å². The number of hydrogen-bond acceptors (Lipinski definition) is 3. The molecule has 6 aromatic carbocycles. The third-order valence-corrected chi connectivity index (χ3v) is 19.5. The summed E-state index contributed by atoms with van der Waals surface area (Å²) < 4.78 is 1.43. The van der Waals surface area contributed by atoms with E-state index in [1.807, 2.05) is 0 Å². The Kier molecular flexibility index (Phi) is 9.80. The van der Waals surface area contributed by atoms with E-state index in [9.17, 15) is 0 Å². The van der Waals surface area contributed by atoms with Crippen molar-refractivity contribution in [3.05, 3.63) is 148 Å². The predicted molar refractivity (Wildman–Crippen MR) is 301 cm³/mol. The first kappa shape index (κ1) is 45.1. The average molecular weight is 925 g/mol. The van der Waals surface area contributed by atoms with Gasteiger partial charge in [-0.25, -0.2) is 0 Å².